The number of carbonyl (C=O) groups is 1. The Morgan fingerprint density at radius 2 is 2.17 bits per heavy atom. The highest BCUT2D eigenvalue weighted by molar-refractivity contribution is 6.02. The van der Waals surface area contributed by atoms with E-state index in [1.54, 1.807) is 5.01 Å². The van der Waals surface area contributed by atoms with E-state index in [0.29, 0.717) is 19.6 Å². The van der Waals surface area contributed by atoms with E-state index in [1.165, 1.54) is 0 Å². The summed E-state index contributed by atoms with van der Waals surface area (Å²) in [5.41, 5.74) is 2.07. The summed E-state index contributed by atoms with van der Waals surface area (Å²) in [6.07, 6.45) is 0.968. The van der Waals surface area contributed by atoms with Gasteiger partial charge in [-0.15, -0.1) is 0 Å². The van der Waals surface area contributed by atoms with Gasteiger partial charge in [0.15, 0.2) is 0 Å². The van der Waals surface area contributed by atoms with Crippen molar-refractivity contribution in [1.82, 2.24) is 15.2 Å². The number of likely N-dealkylation sites (N-methyl/N-ethyl adjacent to an activating group) is 1. The number of hydrogen-bond donors (Lipinski definition) is 1. The van der Waals surface area contributed by atoms with E-state index < -0.39 is 0 Å². The second kappa shape index (κ2) is 7.68. The smallest absolute Gasteiger partial charge is 0.256 e. The van der Waals surface area contributed by atoms with Crippen LogP contribution in [0.3, 0.4) is 0 Å². The third-order valence-electron chi connectivity index (χ3n) is 4.19. The number of benzene rings is 1. The number of hydrazone groups is 1. The molecule has 0 radical (unpaired) electrons. The molecule has 2 aliphatic heterocycles. The third kappa shape index (κ3) is 4.37. The molecular weight excluding hydrogens is 292 g/mol. The SMILES string of the molecule is CN1CCO[C@H](CNCC(=O)N2CCC(c3ccccc3)=N2)C1. The van der Waals surface area contributed by atoms with Crippen LogP contribution in [0, 0.1) is 0 Å². The Labute approximate surface area is 137 Å². The second-order valence-corrected chi connectivity index (χ2v) is 6.07. The summed E-state index contributed by atoms with van der Waals surface area (Å²) in [7, 11) is 2.09. The van der Waals surface area contributed by atoms with E-state index in [2.05, 4.69) is 22.4 Å². The number of carbonyl (C=O) groups excluding carboxylic acids is 1. The van der Waals surface area contributed by atoms with Crippen molar-refractivity contribution in [2.24, 2.45) is 5.10 Å². The van der Waals surface area contributed by atoms with E-state index in [4.69, 9.17) is 4.74 Å². The van der Waals surface area contributed by atoms with Gasteiger partial charge >= 0.3 is 0 Å². The highest BCUT2D eigenvalue weighted by Crippen LogP contribution is 2.13. The molecule has 2 heterocycles. The molecule has 0 aromatic heterocycles. The lowest BCUT2D eigenvalue weighted by atomic mass is 10.1. The highest BCUT2D eigenvalue weighted by atomic mass is 16.5. The maximum Gasteiger partial charge on any atom is 0.256 e. The van der Waals surface area contributed by atoms with Gasteiger partial charge in [-0.1, -0.05) is 30.3 Å². The Bertz CT molecular complexity index is 561. The Kier molecular flexibility index (Phi) is 5.38. The molecule has 6 heteroatoms. The zero-order valence-electron chi connectivity index (χ0n) is 13.6. The topological polar surface area (TPSA) is 57.2 Å². The van der Waals surface area contributed by atoms with Crippen LogP contribution in [0.15, 0.2) is 35.4 Å². The summed E-state index contributed by atoms with van der Waals surface area (Å²) in [4.78, 5) is 14.5. The molecule has 0 saturated carbocycles. The molecule has 3 rings (SSSR count). The number of nitrogens with one attached hydrogen (secondary N) is 1. The summed E-state index contributed by atoms with van der Waals surface area (Å²) in [5, 5.41) is 9.22. The largest absolute Gasteiger partial charge is 0.374 e. The van der Waals surface area contributed by atoms with Gasteiger partial charge in [0.25, 0.3) is 5.91 Å². The average molecular weight is 316 g/mol. The van der Waals surface area contributed by atoms with Crippen molar-refractivity contribution in [3.05, 3.63) is 35.9 Å². The molecule has 1 aromatic carbocycles. The second-order valence-electron chi connectivity index (χ2n) is 6.07. The van der Waals surface area contributed by atoms with Crippen LogP contribution in [0.1, 0.15) is 12.0 Å². The number of hydrogen-bond acceptors (Lipinski definition) is 5. The Balaban J connectivity index is 1.45. The molecule has 1 saturated heterocycles. The van der Waals surface area contributed by atoms with Crippen molar-refractivity contribution in [1.29, 1.82) is 0 Å². The first-order valence-corrected chi connectivity index (χ1v) is 8.16. The molecule has 6 nitrogen and oxygen atoms in total. The van der Waals surface area contributed by atoms with Crippen molar-refractivity contribution in [3.8, 4) is 0 Å². The summed E-state index contributed by atoms with van der Waals surface area (Å²) >= 11 is 0. The van der Waals surface area contributed by atoms with Crippen LogP contribution < -0.4 is 5.32 Å². The third-order valence-corrected chi connectivity index (χ3v) is 4.19. The van der Waals surface area contributed by atoms with Crippen LogP contribution in [0.25, 0.3) is 0 Å². The van der Waals surface area contributed by atoms with Gasteiger partial charge in [0, 0.05) is 26.1 Å². The van der Waals surface area contributed by atoms with E-state index in [1.807, 2.05) is 30.3 Å². The number of nitrogens with zero attached hydrogens (tertiary/aromatic N) is 3. The minimum atomic E-state index is 0.0140. The van der Waals surface area contributed by atoms with Crippen LogP contribution in [-0.2, 0) is 9.53 Å². The summed E-state index contributed by atoms with van der Waals surface area (Å²) < 4.78 is 5.67. The van der Waals surface area contributed by atoms with Crippen molar-refractivity contribution in [2.75, 3.05) is 46.4 Å². The average Bonchev–Trinajstić information content (AvgIpc) is 3.06. The molecule has 1 amide bonds. The van der Waals surface area contributed by atoms with Gasteiger partial charge in [-0.2, -0.15) is 5.10 Å². The predicted molar refractivity (Wildman–Crippen MR) is 89.4 cm³/mol. The van der Waals surface area contributed by atoms with E-state index in [-0.39, 0.29) is 12.0 Å². The van der Waals surface area contributed by atoms with Crippen LogP contribution in [0.5, 0.6) is 0 Å². The quantitative estimate of drug-likeness (QED) is 0.862. The lowest BCUT2D eigenvalue weighted by Crippen LogP contribution is -2.46. The molecule has 0 spiro atoms. The van der Waals surface area contributed by atoms with Crippen LogP contribution in [0.4, 0.5) is 0 Å². The molecular formula is C17H24N4O2. The van der Waals surface area contributed by atoms with Gasteiger partial charge < -0.3 is 15.0 Å². The molecule has 23 heavy (non-hydrogen) atoms. The molecule has 1 N–H and O–H groups in total. The molecule has 124 valence electrons. The first-order valence-electron chi connectivity index (χ1n) is 8.16. The fourth-order valence-electron chi connectivity index (χ4n) is 2.89. The fourth-order valence-corrected chi connectivity index (χ4v) is 2.89. The predicted octanol–water partition coefficient (Wildman–Crippen LogP) is 0.543. The standard InChI is InChI=1S/C17H24N4O2/c1-20-9-10-23-15(13-20)11-18-12-17(22)21-8-7-16(19-21)14-5-3-2-4-6-14/h2-6,15,18H,7-13H2,1H3/t15-/m1/s1. The Morgan fingerprint density at radius 1 is 1.35 bits per heavy atom. The van der Waals surface area contributed by atoms with Crippen molar-refractivity contribution < 1.29 is 9.53 Å². The first-order chi connectivity index (χ1) is 11.2. The molecule has 2 aliphatic rings. The van der Waals surface area contributed by atoms with Crippen LogP contribution in [-0.4, -0.2) is 74.0 Å². The van der Waals surface area contributed by atoms with Gasteiger partial charge in [0.2, 0.25) is 0 Å². The molecule has 1 atom stereocenters. The number of amides is 1. The lowest BCUT2D eigenvalue weighted by molar-refractivity contribution is -0.129. The number of rotatable bonds is 5. The molecule has 0 unspecified atom stereocenters. The maximum absolute atomic E-state index is 12.2. The van der Waals surface area contributed by atoms with E-state index >= 15 is 0 Å². The van der Waals surface area contributed by atoms with Crippen molar-refractivity contribution in [3.63, 3.8) is 0 Å². The van der Waals surface area contributed by atoms with Gasteiger partial charge in [-0.05, 0) is 12.6 Å². The zero-order valence-corrected chi connectivity index (χ0v) is 13.6. The van der Waals surface area contributed by atoms with Crippen molar-refractivity contribution in [2.45, 2.75) is 12.5 Å². The fraction of sp³-hybridized carbons (Fsp3) is 0.529. The van der Waals surface area contributed by atoms with E-state index in [9.17, 15) is 4.79 Å². The van der Waals surface area contributed by atoms with E-state index in [0.717, 1.165) is 37.4 Å². The molecule has 1 aromatic rings. The maximum atomic E-state index is 12.2. The van der Waals surface area contributed by atoms with Gasteiger partial charge in [0.1, 0.15) is 0 Å². The Morgan fingerprint density at radius 3 is 2.96 bits per heavy atom. The number of morpholine rings is 1. The zero-order chi connectivity index (χ0) is 16.1. The first kappa shape index (κ1) is 16.1. The lowest BCUT2D eigenvalue weighted by Gasteiger charge is -2.30. The normalized spacial score (nSPS) is 22.2. The van der Waals surface area contributed by atoms with Gasteiger partial charge in [-0.3, -0.25) is 4.79 Å². The minimum Gasteiger partial charge on any atom is -0.374 e. The monoisotopic (exact) mass is 316 g/mol. The van der Waals surface area contributed by atoms with Crippen LogP contribution >= 0.6 is 0 Å². The minimum absolute atomic E-state index is 0.0140. The molecule has 1 fully saturated rings. The summed E-state index contributed by atoms with van der Waals surface area (Å²) in [6.45, 7) is 4.29. The number of ether oxygens (including phenoxy) is 1. The van der Waals surface area contributed by atoms with Crippen LogP contribution in [0.2, 0.25) is 0 Å². The molecule has 0 aliphatic carbocycles. The Hall–Kier alpha value is -1.76. The summed E-state index contributed by atoms with van der Waals surface area (Å²) in [6, 6.07) is 10.0. The van der Waals surface area contributed by atoms with Gasteiger partial charge in [0.05, 0.1) is 31.5 Å². The highest BCUT2D eigenvalue weighted by Gasteiger charge is 2.22. The summed E-state index contributed by atoms with van der Waals surface area (Å²) in [5.74, 6) is 0.0140. The molecule has 0 bridgehead atoms. The van der Waals surface area contributed by atoms with Crippen molar-refractivity contribution >= 4 is 11.6 Å². The van der Waals surface area contributed by atoms with Gasteiger partial charge in [-0.25, -0.2) is 5.01 Å².